The quantitative estimate of drug-likeness (QED) is 0.773. The minimum atomic E-state index is -0.369. The van der Waals surface area contributed by atoms with Gasteiger partial charge in [0.15, 0.2) is 5.75 Å². The molecule has 0 spiro atoms. The van der Waals surface area contributed by atoms with Crippen molar-refractivity contribution in [1.29, 1.82) is 0 Å². The van der Waals surface area contributed by atoms with Gasteiger partial charge in [-0.05, 0) is 30.3 Å². The van der Waals surface area contributed by atoms with Crippen LogP contribution in [0.1, 0.15) is 5.69 Å². The van der Waals surface area contributed by atoms with Gasteiger partial charge in [0.25, 0.3) is 5.56 Å². The van der Waals surface area contributed by atoms with Crippen molar-refractivity contribution in [3.8, 4) is 11.5 Å². The third kappa shape index (κ3) is 2.70. The van der Waals surface area contributed by atoms with Gasteiger partial charge in [0.1, 0.15) is 0 Å². The first kappa shape index (κ1) is 14.9. The Balaban J connectivity index is 2.00. The molecule has 2 N–H and O–H groups in total. The molecule has 0 fully saturated rings. The van der Waals surface area contributed by atoms with E-state index in [4.69, 9.17) is 4.74 Å². The summed E-state index contributed by atoms with van der Waals surface area (Å²) >= 11 is 0. The van der Waals surface area contributed by atoms with E-state index in [1.165, 1.54) is 11.7 Å². The molecule has 0 aliphatic carbocycles. The second-order valence-electron chi connectivity index (χ2n) is 5.15. The van der Waals surface area contributed by atoms with E-state index < -0.39 is 0 Å². The van der Waals surface area contributed by atoms with Crippen LogP contribution < -0.4 is 15.6 Å². The Morgan fingerprint density at radius 1 is 1.30 bits per heavy atom. The SMILES string of the molecule is COc1c(O)c2cc(NCc3ccccn3)ccc2n(C)c1=O. The smallest absolute Gasteiger partial charge is 0.297 e. The van der Waals surface area contributed by atoms with Gasteiger partial charge in [-0.15, -0.1) is 0 Å². The second-order valence-corrected chi connectivity index (χ2v) is 5.15. The van der Waals surface area contributed by atoms with Crippen molar-refractivity contribution in [3.05, 3.63) is 58.6 Å². The summed E-state index contributed by atoms with van der Waals surface area (Å²) in [5, 5.41) is 14.1. The molecule has 0 atom stereocenters. The number of nitrogens with one attached hydrogen (secondary N) is 1. The Morgan fingerprint density at radius 3 is 2.83 bits per heavy atom. The molecular weight excluding hydrogens is 294 g/mol. The normalized spacial score (nSPS) is 10.7. The van der Waals surface area contributed by atoms with Gasteiger partial charge in [-0.1, -0.05) is 6.07 Å². The molecule has 0 saturated carbocycles. The van der Waals surface area contributed by atoms with Gasteiger partial charge in [-0.3, -0.25) is 9.78 Å². The van der Waals surface area contributed by atoms with Crippen molar-refractivity contribution in [2.24, 2.45) is 7.05 Å². The first-order valence-electron chi connectivity index (χ1n) is 7.15. The van der Waals surface area contributed by atoms with Crippen molar-refractivity contribution in [2.75, 3.05) is 12.4 Å². The van der Waals surface area contributed by atoms with E-state index in [9.17, 15) is 9.90 Å². The largest absolute Gasteiger partial charge is 0.504 e. The Bertz CT molecular complexity index is 904. The van der Waals surface area contributed by atoms with Crippen LogP contribution in [-0.4, -0.2) is 21.8 Å². The number of benzene rings is 1. The van der Waals surface area contributed by atoms with E-state index in [0.717, 1.165) is 11.4 Å². The average Bonchev–Trinajstić information content (AvgIpc) is 2.59. The molecule has 3 aromatic rings. The molecule has 3 rings (SSSR count). The summed E-state index contributed by atoms with van der Waals surface area (Å²) in [7, 11) is 3.01. The van der Waals surface area contributed by atoms with E-state index in [-0.39, 0.29) is 17.1 Å². The van der Waals surface area contributed by atoms with E-state index in [1.54, 1.807) is 25.4 Å². The Morgan fingerprint density at radius 2 is 2.13 bits per heavy atom. The predicted molar refractivity (Wildman–Crippen MR) is 89.0 cm³/mol. The van der Waals surface area contributed by atoms with Crippen LogP contribution in [-0.2, 0) is 13.6 Å². The molecule has 2 aromatic heterocycles. The maximum absolute atomic E-state index is 12.1. The minimum absolute atomic E-state index is 0.0538. The molecule has 0 radical (unpaired) electrons. The number of aryl methyl sites for hydroxylation is 1. The molecule has 1 aromatic carbocycles. The average molecular weight is 311 g/mol. The van der Waals surface area contributed by atoms with Crippen molar-refractivity contribution in [3.63, 3.8) is 0 Å². The van der Waals surface area contributed by atoms with Crippen LogP contribution in [0, 0.1) is 0 Å². The number of nitrogens with zero attached hydrogens (tertiary/aromatic N) is 2. The summed E-state index contributed by atoms with van der Waals surface area (Å²) in [6.45, 7) is 0.565. The summed E-state index contributed by atoms with van der Waals surface area (Å²) in [4.78, 5) is 16.3. The highest BCUT2D eigenvalue weighted by Gasteiger charge is 2.15. The zero-order valence-corrected chi connectivity index (χ0v) is 12.9. The summed E-state index contributed by atoms with van der Waals surface area (Å²) < 4.78 is 6.47. The van der Waals surface area contributed by atoms with Gasteiger partial charge >= 0.3 is 0 Å². The van der Waals surface area contributed by atoms with Crippen LogP contribution >= 0.6 is 0 Å². The van der Waals surface area contributed by atoms with Gasteiger partial charge in [0.2, 0.25) is 5.75 Å². The lowest BCUT2D eigenvalue weighted by molar-refractivity contribution is 0.368. The van der Waals surface area contributed by atoms with Gasteiger partial charge in [0, 0.05) is 24.3 Å². The van der Waals surface area contributed by atoms with E-state index >= 15 is 0 Å². The molecule has 0 aliphatic rings. The molecule has 0 aliphatic heterocycles. The lowest BCUT2D eigenvalue weighted by Gasteiger charge is -2.13. The number of pyridine rings is 2. The number of aromatic nitrogens is 2. The van der Waals surface area contributed by atoms with Crippen molar-refractivity contribution < 1.29 is 9.84 Å². The third-order valence-electron chi connectivity index (χ3n) is 3.73. The van der Waals surface area contributed by atoms with Crippen molar-refractivity contribution in [2.45, 2.75) is 6.54 Å². The number of aromatic hydroxyl groups is 1. The lowest BCUT2D eigenvalue weighted by atomic mass is 10.1. The number of hydrogen-bond donors (Lipinski definition) is 2. The van der Waals surface area contributed by atoms with Gasteiger partial charge in [-0.2, -0.15) is 0 Å². The van der Waals surface area contributed by atoms with Crippen LogP contribution in [0.4, 0.5) is 5.69 Å². The lowest BCUT2D eigenvalue weighted by Crippen LogP contribution is -2.18. The first-order chi connectivity index (χ1) is 11.1. The molecule has 0 saturated heterocycles. The highest BCUT2D eigenvalue weighted by atomic mass is 16.5. The molecule has 0 amide bonds. The Hall–Kier alpha value is -3.02. The molecule has 2 heterocycles. The highest BCUT2D eigenvalue weighted by Crippen LogP contribution is 2.32. The van der Waals surface area contributed by atoms with Gasteiger partial charge < -0.3 is 19.7 Å². The molecule has 23 heavy (non-hydrogen) atoms. The zero-order chi connectivity index (χ0) is 16.4. The maximum Gasteiger partial charge on any atom is 0.297 e. The molecule has 0 unspecified atom stereocenters. The molecule has 0 bridgehead atoms. The second kappa shape index (κ2) is 6.00. The predicted octanol–water partition coefficient (Wildman–Crippen LogP) is 2.26. The maximum atomic E-state index is 12.1. The number of rotatable bonds is 4. The minimum Gasteiger partial charge on any atom is -0.504 e. The number of anilines is 1. The highest BCUT2D eigenvalue weighted by molar-refractivity contribution is 5.90. The van der Waals surface area contributed by atoms with Crippen molar-refractivity contribution in [1.82, 2.24) is 9.55 Å². The number of fused-ring (bicyclic) bond motifs is 1. The Labute approximate surface area is 133 Å². The van der Waals surface area contributed by atoms with E-state index in [0.29, 0.717) is 17.4 Å². The summed E-state index contributed by atoms with van der Waals surface area (Å²) in [5.74, 6) is -0.200. The zero-order valence-electron chi connectivity index (χ0n) is 12.9. The standard InChI is InChI=1S/C17H17N3O3/c1-20-14-7-6-11(19-10-12-5-3-4-8-18-12)9-13(14)15(21)16(23-2)17(20)22/h3-9,19,21H,10H2,1-2H3. The van der Waals surface area contributed by atoms with Crippen LogP contribution in [0.5, 0.6) is 11.5 Å². The van der Waals surface area contributed by atoms with Crippen LogP contribution in [0.3, 0.4) is 0 Å². The fourth-order valence-corrected chi connectivity index (χ4v) is 2.49. The number of methoxy groups -OCH3 is 1. The first-order valence-corrected chi connectivity index (χ1v) is 7.15. The summed E-state index contributed by atoms with van der Waals surface area (Å²) in [5.41, 5.74) is 2.00. The summed E-state index contributed by atoms with van der Waals surface area (Å²) in [6.07, 6.45) is 1.74. The molecule has 6 heteroatoms. The topological polar surface area (TPSA) is 76.4 Å². The van der Waals surface area contributed by atoms with Crippen LogP contribution in [0.15, 0.2) is 47.4 Å². The molecule has 6 nitrogen and oxygen atoms in total. The molecular formula is C17H17N3O3. The number of hydrogen-bond acceptors (Lipinski definition) is 5. The fourth-order valence-electron chi connectivity index (χ4n) is 2.49. The number of ether oxygens (including phenoxy) is 1. The fraction of sp³-hybridized carbons (Fsp3) is 0.176. The van der Waals surface area contributed by atoms with Gasteiger partial charge in [0.05, 0.1) is 24.9 Å². The van der Waals surface area contributed by atoms with Crippen molar-refractivity contribution >= 4 is 16.6 Å². The van der Waals surface area contributed by atoms with Crippen LogP contribution in [0.25, 0.3) is 10.9 Å². The molecule has 118 valence electrons. The summed E-state index contributed by atoms with van der Waals surface area (Å²) in [6, 6.07) is 11.2. The monoisotopic (exact) mass is 311 g/mol. The van der Waals surface area contributed by atoms with Gasteiger partial charge in [-0.25, -0.2) is 0 Å². The third-order valence-corrected chi connectivity index (χ3v) is 3.73. The van der Waals surface area contributed by atoms with Crippen LogP contribution in [0.2, 0.25) is 0 Å². The van der Waals surface area contributed by atoms with E-state index in [1.807, 2.05) is 24.3 Å². The Kier molecular flexibility index (Phi) is 3.89. The van der Waals surface area contributed by atoms with E-state index in [2.05, 4.69) is 10.3 Å².